The molecule has 0 aromatic heterocycles. The van der Waals surface area contributed by atoms with Crippen LogP contribution in [0.1, 0.15) is 6.92 Å². The highest BCUT2D eigenvalue weighted by Crippen LogP contribution is 2.30. The Morgan fingerprint density at radius 3 is 2.50 bits per heavy atom. The summed E-state index contributed by atoms with van der Waals surface area (Å²) >= 11 is 0. The molecule has 0 saturated heterocycles. The predicted molar refractivity (Wildman–Crippen MR) is 104 cm³/mol. The highest BCUT2D eigenvalue weighted by Gasteiger charge is 2.29. The molecule has 0 spiro atoms. The van der Waals surface area contributed by atoms with Gasteiger partial charge in [-0.2, -0.15) is 0 Å². The molecule has 4 N–H and O–H groups in total. The van der Waals surface area contributed by atoms with E-state index in [4.69, 9.17) is 14.6 Å². The summed E-state index contributed by atoms with van der Waals surface area (Å²) in [4.78, 5) is 13.5. The van der Waals surface area contributed by atoms with E-state index in [0.29, 0.717) is 24.6 Å². The van der Waals surface area contributed by atoms with E-state index in [-0.39, 0.29) is 22.9 Å². The highest BCUT2D eigenvalue weighted by atomic mass is 32.2. The van der Waals surface area contributed by atoms with Gasteiger partial charge < -0.3 is 19.7 Å². The Balaban J connectivity index is 1.56. The minimum atomic E-state index is -3.76. The summed E-state index contributed by atoms with van der Waals surface area (Å²) in [5, 5.41) is 7.86. The number of anilines is 1. The number of hydrogen-bond acceptors (Lipinski definition) is 5. The van der Waals surface area contributed by atoms with Crippen LogP contribution in [0.5, 0.6) is 11.5 Å². The van der Waals surface area contributed by atoms with Crippen LogP contribution < -0.4 is 24.8 Å². The molecular weight excluding hydrogens is 382 g/mol. The molecule has 0 aliphatic carbocycles. The van der Waals surface area contributed by atoms with Gasteiger partial charge in [0.1, 0.15) is 13.2 Å². The average Bonchev–Trinajstić information content (AvgIpc) is 2.67. The van der Waals surface area contributed by atoms with Crippen LogP contribution in [0.3, 0.4) is 0 Å². The van der Waals surface area contributed by atoms with Crippen LogP contribution in [0.15, 0.2) is 53.4 Å². The maximum Gasteiger partial charge on any atom is 0.282 e. The number of amides is 1. The van der Waals surface area contributed by atoms with Crippen molar-refractivity contribution in [1.82, 2.24) is 0 Å². The van der Waals surface area contributed by atoms with Crippen molar-refractivity contribution in [3.63, 3.8) is 0 Å². The fraction of sp³-hybridized carbons (Fsp3) is 0.316. The SMILES string of the molecule is C[C@H](C(=O)Nc1ccc(S(N)(=O)=O)cc1)[NH+](C)C[C@@H]1COc2ccccc2O1. The van der Waals surface area contributed by atoms with Gasteiger partial charge in [-0.15, -0.1) is 0 Å². The molecule has 9 heteroatoms. The number of nitrogens with one attached hydrogen (secondary N) is 2. The normalized spacial score (nSPS) is 18.2. The maximum atomic E-state index is 12.5. The van der Waals surface area contributed by atoms with Crippen LogP contribution >= 0.6 is 0 Å². The molecule has 8 nitrogen and oxygen atoms in total. The fourth-order valence-corrected chi connectivity index (χ4v) is 3.42. The summed E-state index contributed by atoms with van der Waals surface area (Å²) in [5.41, 5.74) is 0.503. The Morgan fingerprint density at radius 2 is 1.86 bits per heavy atom. The molecule has 1 aliphatic rings. The van der Waals surface area contributed by atoms with Gasteiger partial charge in [0.25, 0.3) is 5.91 Å². The van der Waals surface area contributed by atoms with Gasteiger partial charge in [-0.3, -0.25) is 4.79 Å². The number of ether oxygens (including phenoxy) is 2. The summed E-state index contributed by atoms with van der Waals surface area (Å²) in [6.45, 7) is 2.84. The lowest BCUT2D eigenvalue weighted by Gasteiger charge is -2.29. The monoisotopic (exact) mass is 406 g/mol. The number of likely N-dealkylation sites (N-methyl/N-ethyl adjacent to an activating group) is 1. The number of carbonyl (C=O) groups excluding carboxylic acids is 1. The van der Waals surface area contributed by atoms with Crippen molar-refractivity contribution < 1.29 is 27.6 Å². The first-order valence-electron chi connectivity index (χ1n) is 8.88. The number of nitrogens with two attached hydrogens (primary N) is 1. The number of hydrogen-bond donors (Lipinski definition) is 3. The lowest BCUT2D eigenvalue weighted by molar-refractivity contribution is -0.896. The van der Waals surface area contributed by atoms with Crippen LogP contribution in [0.4, 0.5) is 5.69 Å². The Hall–Kier alpha value is -2.62. The number of rotatable bonds is 6. The molecule has 2 aromatic carbocycles. The minimum Gasteiger partial charge on any atom is -0.486 e. The standard InChI is InChI=1S/C19H23N3O5S/c1-13(19(23)21-14-7-9-16(10-8-14)28(20,24)25)22(2)11-15-12-26-17-5-3-4-6-18(17)27-15/h3-10,13,15H,11-12H2,1-2H3,(H,21,23)(H2,20,24,25)/p+1/t13-,15-/m1/s1. The molecule has 150 valence electrons. The Bertz CT molecular complexity index is 946. The molecule has 3 atom stereocenters. The summed E-state index contributed by atoms with van der Waals surface area (Å²) in [7, 11) is -1.84. The van der Waals surface area contributed by atoms with Crippen molar-refractivity contribution in [2.75, 3.05) is 25.5 Å². The summed E-state index contributed by atoms with van der Waals surface area (Å²) < 4.78 is 34.3. The highest BCUT2D eigenvalue weighted by molar-refractivity contribution is 7.89. The third kappa shape index (κ3) is 4.80. The zero-order valence-electron chi connectivity index (χ0n) is 15.7. The van der Waals surface area contributed by atoms with Gasteiger partial charge in [-0.05, 0) is 43.3 Å². The predicted octanol–water partition coefficient (Wildman–Crippen LogP) is 0.0157. The minimum absolute atomic E-state index is 0.00369. The van der Waals surface area contributed by atoms with E-state index in [0.717, 1.165) is 10.6 Å². The van der Waals surface area contributed by atoms with Crippen LogP contribution in [-0.2, 0) is 14.8 Å². The van der Waals surface area contributed by atoms with Gasteiger partial charge in [-0.25, -0.2) is 13.6 Å². The van der Waals surface area contributed by atoms with Crippen LogP contribution in [-0.4, -0.2) is 46.7 Å². The molecule has 28 heavy (non-hydrogen) atoms. The zero-order chi connectivity index (χ0) is 20.3. The van der Waals surface area contributed by atoms with Crippen molar-refractivity contribution in [2.24, 2.45) is 5.14 Å². The number of sulfonamides is 1. The third-order valence-corrected chi connectivity index (χ3v) is 5.63. The number of carbonyl (C=O) groups is 1. The summed E-state index contributed by atoms with van der Waals surface area (Å²) in [5.74, 6) is 1.25. The first-order valence-corrected chi connectivity index (χ1v) is 10.4. The van der Waals surface area contributed by atoms with Gasteiger partial charge in [-0.1, -0.05) is 12.1 Å². The second-order valence-corrected chi connectivity index (χ2v) is 8.39. The van der Waals surface area contributed by atoms with Crippen molar-refractivity contribution in [3.05, 3.63) is 48.5 Å². The molecule has 3 rings (SSSR count). The molecule has 0 bridgehead atoms. The first kappa shape index (κ1) is 20.1. The van der Waals surface area contributed by atoms with Gasteiger partial charge >= 0.3 is 0 Å². The zero-order valence-corrected chi connectivity index (χ0v) is 16.5. The van der Waals surface area contributed by atoms with Crippen LogP contribution in [0, 0.1) is 0 Å². The number of fused-ring (bicyclic) bond motifs is 1. The van der Waals surface area contributed by atoms with Crippen molar-refractivity contribution in [3.8, 4) is 11.5 Å². The first-order chi connectivity index (χ1) is 13.2. The van der Waals surface area contributed by atoms with Crippen LogP contribution in [0.2, 0.25) is 0 Å². The van der Waals surface area contributed by atoms with E-state index < -0.39 is 10.0 Å². The molecule has 0 fully saturated rings. The van der Waals surface area contributed by atoms with Crippen molar-refractivity contribution in [2.45, 2.75) is 24.0 Å². The van der Waals surface area contributed by atoms with Crippen molar-refractivity contribution in [1.29, 1.82) is 0 Å². The summed E-state index contributed by atoms with van der Waals surface area (Å²) in [6, 6.07) is 12.9. The van der Waals surface area contributed by atoms with Gasteiger partial charge in [0.15, 0.2) is 23.6 Å². The third-order valence-electron chi connectivity index (χ3n) is 4.70. The molecular formula is C19H24N3O5S+. The van der Waals surface area contributed by atoms with E-state index in [9.17, 15) is 13.2 Å². The van der Waals surface area contributed by atoms with Crippen LogP contribution in [0.25, 0.3) is 0 Å². The molecule has 1 heterocycles. The van der Waals surface area contributed by atoms with E-state index in [1.54, 1.807) is 0 Å². The summed E-state index contributed by atoms with van der Waals surface area (Å²) in [6.07, 6.45) is -0.154. The Morgan fingerprint density at radius 1 is 1.21 bits per heavy atom. The second kappa shape index (κ2) is 8.17. The number of benzene rings is 2. The lowest BCUT2D eigenvalue weighted by Crippen LogP contribution is -3.15. The topological polar surface area (TPSA) is 112 Å². The second-order valence-electron chi connectivity index (χ2n) is 6.83. The quantitative estimate of drug-likeness (QED) is 0.626. The molecule has 2 aromatic rings. The van der Waals surface area contributed by atoms with Gasteiger partial charge in [0.2, 0.25) is 10.0 Å². The van der Waals surface area contributed by atoms with E-state index >= 15 is 0 Å². The molecule has 1 amide bonds. The maximum absolute atomic E-state index is 12.5. The molecule has 0 radical (unpaired) electrons. The molecule has 0 saturated carbocycles. The number of primary sulfonamides is 1. The average molecular weight is 406 g/mol. The molecule has 1 aliphatic heterocycles. The molecule has 1 unspecified atom stereocenters. The number of quaternary nitrogens is 1. The van der Waals surface area contributed by atoms with E-state index in [1.807, 2.05) is 38.2 Å². The lowest BCUT2D eigenvalue weighted by atomic mass is 10.2. The number of para-hydroxylation sites is 2. The Kier molecular flexibility index (Phi) is 5.87. The van der Waals surface area contributed by atoms with E-state index in [1.165, 1.54) is 24.3 Å². The van der Waals surface area contributed by atoms with E-state index in [2.05, 4.69) is 5.32 Å². The van der Waals surface area contributed by atoms with Gasteiger partial charge in [0.05, 0.1) is 11.9 Å². The smallest absolute Gasteiger partial charge is 0.282 e. The largest absolute Gasteiger partial charge is 0.486 e. The fourth-order valence-electron chi connectivity index (χ4n) is 2.90. The van der Waals surface area contributed by atoms with Gasteiger partial charge in [0, 0.05) is 5.69 Å². The Labute approximate surface area is 164 Å². The van der Waals surface area contributed by atoms with Crippen molar-refractivity contribution >= 4 is 21.6 Å².